The summed E-state index contributed by atoms with van der Waals surface area (Å²) in [5, 5.41) is 2.66. The summed E-state index contributed by atoms with van der Waals surface area (Å²) < 4.78 is 2.42. The molecule has 4 rings (SSSR count). The van der Waals surface area contributed by atoms with E-state index >= 15 is 0 Å². The van der Waals surface area contributed by atoms with Crippen molar-refractivity contribution in [2.45, 2.75) is 19.4 Å². The van der Waals surface area contributed by atoms with Gasteiger partial charge in [0.15, 0.2) is 12.7 Å². The Hall–Kier alpha value is -2.41. The zero-order chi connectivity index (χ0) is 14.2. The number of benzene rings is 2. The Morgan fingerprint density at radius 1 is 1.05 bits per heavy atom. The number of fused-ring (bicyclic) bond motifs is 4. The number of pyridine rings is 1. The molecule has 0 N–H and O–H groups in total. The smallest absolute Gasteiger partial charge is 0.197 e. The van der Waals surface area contributed by atoms with E-state index in [2.05, 4.69) is 65.9 Å². The van der Waals surface area contributed by atoms with Gasteiger partial charge in [-0.1, -0.05) is 42.5 Å². The van der Waals surface area contributed by atoms with Crippen LogP contribution in [0.25, 0.3) is 22.0 Å². The maximum Gasteiger partial charge on any atom is 0.216 e. The molecule has 0 aliphatic carbocycles. The molecule has 1 aliphatic rings. The summed E-state index contributed by atoms with van der Waals surface area (Å²) in [7, 11) is 0. The van der Waals surface area contributed by atoms with Crippen LogP contribution in [0.15, 0.2) is 67.4 Å². The lowest BCUT2D eigenvalue weighted by atomic mass is 9.91. The van der Waals surface area contributed by atoms with Crippen molar-refractivity contribution in [3.63, 3.8) is 0 Å². The molecule has 0 atom stereocenters. The van der Waals surface area contributed by atoms with Gasteiger partial charge in [0.2, 0.25) is 5.69 Å². The van der Waals surface area contributed by atoms with Crippen LogP contribution in [-0.4, -0.2) is 0 Å². The molecule has 0 saturated carbocycles. The van der Waals surface area contributed by atoms with Crippen LogP contribution >= 0.6 is 0 Å². The number of rotatable bonds is 2. The van der Waals surface area contributed by atoms with Gasteiger partial charge < -0.3 is 0 Å². The first-order valence-corrected chi connectivity index (χ1v) is 7.52. The zero-order valence-corrected chi connectivity index (χ0v) is 12.0. The second kappa shape index (κ2) is 4.85. The number of hydrogen-bond acceptors (Lipinski definition) is 0. The Morgan fingerprint density at radius 2 is 1.86 bits per heavy atom. The second-order valence-electron chi connectivity index (χ2n) is 5.64. The second-order valence-corrected chi connectivity index (χ2v) is 5.64. The molecule has 1 aromatic heterocycles. The number of nitrogens with zero attached hydrogens (tertiary/aromatic N) is 1. The predicted octanol–water partition coefficient (Wildman–Crippen LogP) is 4.08. The monoisotopic (exact) mass is 272 g/mol. The van der Waals surface area contributed by atoms with E-state index < -0.39 is 0 Å². The van der Waals surface area contributed by atoms with E-state index in [1.807, 2.05) is 6.08 Å². The van der Waals surface area contributed by atoms with Crippen molar-refractivity contribution in [1.29, 1.82) is 0 Å². The van der Waals surface area contributed by atoms with Gasteiger partial charge in [0.05, 0.1) is 0 Å². The van der Waals surface area contributed by atoms with Gasteiger partial charge in [-0.2, -0.15) is 4.57 Å². The van der Waals surface area contributed by atoms with Crippen LogP contribution in [0, 0.1) is 0 Å². The van der Waals surface area contributed by atoms with Gasteiger partial charge >= 0.3 is 0 Å². The van der Waals surface area contributed by atoms with E-state index in [9.17, 15) is 0 Å². The van der Waals surface area contributed by atoms with Crippen molar-refractivity contribution in [2.24, 2.45) is 0 Å². The Labute approximate surface area is 125 Å². The third-order valence-electron chi connectivity index (χ3n) is 4.40. The quantitative estimate of drug-likeness (QED) is 0.489. The number of allylic oxidation sites excluding steroid dienone is 1. The molecule has 21 heavy (non-hydrogen) atoms. The highest BCUT2D eigenvalue weighted by molar-refractivity contribution is 5.89. The molecule has 2 aromatic carbocycles. The topological polar surface area (TPSA) is 3.88 Å². The Morgan fingerprint density at radius 3 is 2.76 bits per heavy atom. The maximum absolute atomic E-state index is 3.96. The molecule has 2 heterocycles. The minimum Gasteiger partial charge on any atom is -0.197 e. The highest BCUT2D eigenvalue weighted by Gasteiger charge is 2.27. The molecule has 1 heteroatoms. The summed E-state index contributed by atoms with van der Waals surface area (Å²) in [5.74, 6) is 0. The first-order chi connectivity index (χ1) is 10.4. The minimum atomic E-state index is 0.908. The summed E-state index contributed by atoms with van der Waals surface area (Å²) in [6, 6.07) is 17.5. The first-order valence-electron chi connectivity index (χ1n) is 7.52. The lowest BCUT2D eigenvalue weighted by Gasteiger charge is -2.18. The maximum atomic E-state index is 3.96. The van der Waals surface area contributed by atoms with Crippen molar-refractivity contribution in [3.05, 3.63) is 78.5 Å². The van der Waals surface area contributed by atoms with Crippen LogP contribution < -0.4 is 4.57 Å². The molecule has 0 unspecified atom stereocenters. The van der Waals surface area contributed by atoms with Gasteiger partial charge in [0.25, 0.3) is 0 Å². The molecule has 1 aliphatic heterocycles. The molecule has 0 spiro atoms. The molecule has 0 radical (unpaired) electrons. The Balaban J connectivity index is 2.12. The molecule has 1 nitrogen and oxygen atoms in total. The van der Waals surface area contributed by atoms with E-state index in [0.29, 0.717) is 0 Å². The van der Waals surface area contributed by atoms with Gasteiger partial charge in [-0.3, -0.25) is 0 Å². The van der Waals surface area contributed by atoms with Crippen molar-refractivity contribution < 1.29 is 4.57 Å². The normalized spacial score (nSPS) is 12.8. The van der Waals surface area contributed by atoms with Gasteiger partial charge in [0, 0.05) is 22.9 Å². The van der Waals surface area contributed by atoms with Crippen LogP contribution in [0.3, 0.4) is 0 Å². The van der Waals surface area contributed by atoms with Crippen LogP contribution in [0.5, 0.6) is 0 Å². The van der Waals surface area contributed by atoms with E-state index in [1.54, 1.807) is 0 Å². The van der Waals surface area contributed by atoms with Crippen molar-refractivity contribution in [2.75, 3.05) is 0 Å². The van der Waals surface area contributed by atoms with E-state index in [-0.39, 0.29) is 0 Å². The van der Waals surface area contributed by atoms with Crippen molar-refractivity contribution in [3.8, 4) is 11.3 Å². The zero-order valence-electron chi connectivity index (χ0n) is 12.0. The van der Waals surface area contributed by atoms with Crippen LogP contribution in [0.4, 0.5) is 0 Å². The first kappa shape index (κ1) is 12.3. The van der Waals surface area contributed by atoms with Gasteiger partial charge in [-0.05, 0) is 29.5 Å². The van der Waals surface area contributed by atoms with E-state index in [1.165, 1.54) is 33.2 Å². The highest BCUT2D eigenvalue weighted by Crippen LogP contribution is 2.32. The number of aromatic nitrogens is 1. The lowest BCUT2D eigenvalue weighted by molar-refractivity contribution is -0.686. The molecule has 102 valence electrons. The standard InChI is InChI=1S/C20H18N/c1-2-7-19-17-10-5-4-9-16(17)14-21-13-12-15-8-3-6-11-18(15)20(19)21/h2-6,8-11,14H,1,7,12-13H2/q+1. The van der Waals surface area contributed by atoms with Crippen LogP contribution in [-0.2, 0) is 19.4 Å². The van der Waals surface area contributed by atoms with Crippen molar-refractivity contribution >= 4 is 10.8 Å². The fourth-order valence-corrected chi connectivity index (χ4v) is 3.47. The molecule has 0 fully saturated rings. The van der Waals surface area contributed by atoms with Crippen LogP contribution in [0.1, 0.15) is 11.1 Å². The van der Waals surface area contributed by atoms with Gasteiger partial charge in [-0.25, -0.2) is 0 Å². The Bertz CT molecular complexity index is 846. The summed E-state index contributed by atoms with van der Waals surface area (Å²) in [6.45, 7) is 5.02. The molecule has 0 saturated heterocycles. The molecular weight excluding hydrogens is 254 g/mol. The Kier molecular flexibility index (Phi) is 2.85. The molecular formula is C20H18N+. The largest absolute Gasteiger partial charge is 0.216 e. The SMILES string of the molecule is C=CCc1c2[n+](cc3ccccc13)CCc1ccccc1-2. The number of hydrogen-bond donors (Lipinski definition) is 0. The molecule has 3 aromatic rings. The molecule has 0 amide bonds. The highest BCUT2D eigenvalue weighted by atomic mass is 15.0. The third kappa shape index (κ3) is 1.89. The number of aryl methyl sites for hydroxylation is 2. The summed E-state index contributed by atoms with van der Waals surface area (Å²) in [6.07, 6.45) is 6.33. The lowest BCUT2D eigenvalue weighted by Crippen LogP contribution is -2.41. The van der Waals surface area contributed by atoms with Crippen molar-refractivity contribution in [1.82, 2.24) is 0 Å². The average Bonchev–Trinajstić information content (AvgIpc) is 2.54. The van der Waals surface area contributed by atoms with Gasteiger partial charge in [-0.15, -0.1) is 6.58 Å². The van der Waals surface area contributed by atoms with Crippen LogP contribution in [0.2, 0.25) is 0 Å². The minimum absolute atomic E-state index is 0.908. The predicted molar refractivity (Wildman–Crippen MR) is 87.2 cm³/mol. The summed E-state index contributed by atoms with van der Waals surface area (Å²) >= 11 is 0. The fourth-order valence-electron chi connectivity index (χ4n) is 3.47. The van der Waals surface area contributed by atoms with Gasteiger partial charge in [0.1, 0.15) is 0 Å². The van der Waals surface area contributed by atoms with E-state index in [0.717, 1.165) is 19.4 Å². The molecule has 0 bridgehead atoms. The average molecular weight is 272 g/mol. The summed E-state index contributed by atoms with van der Waals surface area (Å²) in [4.78, 5) is 0. The fraction of sp³-hybridized carbons (Fsp3) is 0.150. The summed E-state index contributed by atoms with van der Waals surface area (Å²) in [5.41, 5.74) is 5.61. The third-order valence-corrected chi connectivity index (χ3v) is 4.40. The van der Waals surface area contributed by atoms with E-state index in [4.69, 9.17) is 0 Å².